The number of carboxylic acids is 1. The fourth-order valence-electron chi connectivity index (χ4n) is 2.98. The second-order valence-electron chi connectivity index (χ2n) is 5.89. The van der Waals surface area contributed by atoms with Crippen molar-refractivity contribution >= 4 is 34.8 Å². The summed E-state index contributed by atoms with van der Waals surface area (Å²) < 4.78 is 0. The number of benzene rings is 1. The largest absolute Gasteiger partial charge is 0.481 e. The molecule has 0 bridgehead atoms. The molecule has 6 nitrogen and oxygen atoms in total. The van der Waals surface area contributed by atoms with E-state index in [4.69, 9.17) is 5.11 Å². The zero-order valence-electron chi connectivity index (χ0n) is 13.5. The normalized spacial score (nSPS) is 16.6. The number of rotatable bonds is 5. The van der Waals surface area contributed by atoms with E-state index >= 15 is 0 Å². The van der Waals surface area contributed by atoms with Gasteiger partial charge >= 0.3 is 5.97 Å². The van der Waals surface area contributed by atoms with E-state index in [0.29, 0.717) is 29.1 Å². The van der Waals surface area contributed by atoms with Crippen LogP contribution in [0.15, 0.2) is 41.8 Å². The van der Waals surface area contributed by atoms with Crippen LogP contribution in [0.4, 0.5) is 5.69 Å². The van der Waals surface area contributed by atoms with Gasteiger partial charge in [0.25, 0.3) is 5.91 Å². The Labute approximate surface area is 149 Å². The van der Waals surface area contributed by atoms with Gasteiger partial charge in [0.1, 0.15) is 6.04 Å². The number of carbonyl (C=O) groups excluding carboxylic acids is 2. The van der Waals surface area contributed by atoms with E-state index in [1.165, 1.54) is 11.3 Å². The number of hydrogen-bond donors (Lipinski definition) is 2. The lowest BCUT2D eigenvalue weighted by atomic mass is 10.1. The van der Waals surface area contributed by atoms with Gasteiger partial charge in [-0.05, 0) is 42.0 Å². The maximum Gasteiger partial charge on any atom is 0.307 e. The van der Waals surface area contributed by atoms with Crippen LogP contribution in [0.2, 0.25) is 0 Å². The number of nitrogens with one attached hydrogen (secondary N) is 1. The monoisotopic (exact) mass is 358 g/mol. The summed E-state index contributed by atoms with van der Waals surface area (Å²) in [5, 5.41) is 13.5. The summed E-state index contributed by atoms with van der Waals surface area (Å²) in [6.45, 7) is 0.563. The van der Waals surface area contributed by atoms with E-state index < -0.39 is 12.0 Å². The first-order valence-electron chi connectivity index (χ1n) is 8.00. The van der Waals surface area contributed by atoms with Crippen LogP contribution in [-0.2, 0) is 16.0 Å². The van der Waals surface area contributed by atoms with Crippen molar-refractivity contribution in [3.63, 3.8) is 0 Å². The third kappa shape index (κ3) is 4.06. The number of carbonyl (C=O) groups is 3. The molecule has 1 unspecified atom stereocenters. The number of aliphatic carboxylic acids is 1. The van der Waals surface area contributed by atoms with Gasteiger partial charge < -0.3 is 15.3 Å². The standard InChI is InChI=1S/C18H18N2O4S/c21-16(22)11-12-4-1-5-13(10-12)19-17(23)14-6-2-8-20(14)18(24)15-7-3-9-25-15/h1,3-5,7,9-10,14H,2,6,8,11H2,(H,19,23)(H,21,22). The Balaban J connectivity index is 1.70. The van der Waals surface area contributed by atoms with Crippen molar-refractivity contribution in [3.8, 4) is 0 Å². The first-order chi connectivity index (χ1) is 12.0. The molecule has 1 saturated heterocycles. The van der Waals surface area contributed by atoms with Crippen LogP contribution in [0.25, 0.3) is 0 Å². The molecular weight excluding hydrogens is 340 g/mol. The maximum atomic E-state index is 12.6. The molecule has 2 aromatic rings. The molecule has 1 atom stereocenters. The molecule has 2 amide bonds. The highest BCUT2D eigenvalue weighted by atomic mass is 32.1. The predicted molar refractivity (Wildman–Crippen MR) is 94.8 cm³/mol. The van der Waals surface area contributed by atoms with Gasteiger partial charge in [0.2, 0.25) is 5.91 Å². The zero-order chi connectivity index (χ0) is 17.8. The van der Waals surface area contributed by atoms with Gasteiger partial charge in [0, 0.05) is 12.2 Å². The van der Waals surface area contributed by atoms with Crippen molar-refractivity contribution in [2.24, 2.45) is 0 Å². The lowest BCUT2D eigenvalue weighted by Crippen LogP contribution is -2.42. The van der Waals surface area contributed by atoms with Gasteiger partial charge in [-0.15, -0.1) is 11.3 Å². The van der Waals surface area contributed by atoms with Crippen LogP contribution < -0.4 is 5.32 Å². The van der Waals surface area contributed by atoms with E-state index in [1.54, 1.807) is 35.2 Å². The average Bonchev–Trinajstić information content (AvgIpc) is 3.26. The summed E-state index contributed by atoms with van der Waals surface area (Å²) in [5.41, 5.74) is 1.16. The van der Waals surface area contributed by atoms with Gasteiger partial charge in [-0.1, -0.05) is 18.2 Å². The topological polar surface area (TPSA) is 86.7 Å². The number of likely N-dealkylation sites (tertiary alicyclic amines) is 1. The molecular formula is C18H18N2O4S. The van der Waals surface area contributed by atoms with Crippen LogP contribution in [0.3, 0.4) is 0 Å². The summed E-state index contributed by atoms with van der Waals surface area (Å²) in [5.74, 6) is -1.28. The summed E-state index contributed by atoms with van der Waals surface area (Å²) >= 11 is 1.36. The minimum absolute atomic E-state index is 0.101. The molecule has 0 aliphatic carbocycles. The van der Waals surface area contributed by atoms with Crippen molar-refractivity contribution in [3.05, 3.63) is 52.2 Å². The van der Waals surface area contributed by atoms with Crippen LogP contribution in [-0.4, -0.2) is 40.4 Å². The first kappa shape index (κ1) is 17.2. The predicted octanol–water partition coefficient (Wildman–Crippen LogP) is 2.62. The Kier molecular flexibility index (Phi) is 5.14. The number of nitrogens with zero attached hydrogens (tertiary/aromatic N) is 1. The van der Waals surface area contributed by atoms with Gasteiger partial charge in [-0.25, -0.2) is 0 Å². The molecule has 2 heterocycles. The van der Waals surface area contributed by atoms with Crippen LogP contribution >= 0.6 is 11.3 Å². The fraction of sp³-hybridized carbons (Fsp3) is 0.278. The first-order valence-corrected chi connectivity index (χ1v) is 8.88. The van der Waals surface area contributed by atoms with Crippen molar-refractivity contribution in [2.75, 3.05) is 11.9 Å². The van der Waals surface area contributed by atoms with Gasteiger partial charge in [-0.3, -0.25) is 14.4 Å². The van der Waals surface area contributed by atoms with Crippen molar-refractivity contribution in [1.29, 1.82) is 0 Å². The molecule has 0 spiro atoms. The minimum Gasteiger partial charge on any atom is -0.481 e. The lowest BCUT2D eigenvalue weighted by Gasteiger charge is -2.23. The van der Waals surface area contributed by atoms with E-state index in [1.807, 2.05) is 11.4 Å². The molecule has 1 aliphatic heterocycles. The van der Waals surface area contributed by atoms with E-state index in [2.05, 4.69) is 5.32 Å². The highest BCUT2D eigenvalue weighted by Crippen LogP contribution is 2.23. The number of hydrogen-bond acceptors (Lipinski definition) is 4. The Morgan fingerprint density at radius 2 is 2.08 bits per heavy atom. The molecule has 130 valence electrons. The molecule has 25 heavy (non-hydrogen) atoms. The van der Waals surface area contributed by atoms with Crippen LogP contribution in [0.1, 0.15) is 28.1 Å². The Morgan fingerprint density at radius 3 is 2.80 bits per heavy atom. The number of thiophene rings is 1. The van der Waals surface area contributed by atoms with Gasteiger partial charge in [0.15, 0.2) is 0 Å². The average molecular weight is 358 g/mol. The quantitative estimate of drug-likeness (QED) is 0.860. The molecule has 1 fully saturated rings. The molecule has 7 heteroatoms. The summed E-state index contributed by atoms with van der Waals surface area (Å²) in [6, 6.07) is 9.84. The number of carboxylic acid groups (broad SMARTS) is 1. The lowest BCUT2D eigenvalue weighted by molar-refractivity contribution is -0.136. The SMILES string of the molecule is O=C(O)Cc1cccc(NC(=O)C2CCCN2C(=O)c2cccs2)c1. The second-order valence-corrected chi connectivity index (χ2v) is 6.84. The Morgan fingerprint density at radius 1 is 1.24 bits per heavy atom. The molecule has 1 aliphatic rings. The summed E-state index contributed by atoms with van der Waals surface area (Å²) in [4.78, 5) is 38.2. The summed E-state index contributed by atoms with van der Waals surface area (Å²) in [6.07, 6.45) is 1.31. The molecule has 2 N–H and O–H groups in total. The van der Waals surface area contributed by atoms with Crippen molar-refractivity contribution in [2.45, 2.75) is 25.3 Å². The summed E-state index contributed by atoms with van der Waals surface area (Å²) in [7, 11) is 0. The van der Waals surface area contributed by atoms with Gasteiger partial charge in [-0.2, -0.15) is 0 Å². The molecule has 1 aromatic carbocycles. The highest BCUT2D eigenvalue weighted by molar-refractivity contribution is 7.12. The zero-order valence-corrected chi connectivity index (χ0v) is 14.3. The van der Waals surface area contributed by atoms with E-state index in [-0.39, 0.29) is 18.2 Å². The maximum absolute atomic E-state index is 12.6. The van der Waals surface area contributed by atoms with E-state index in [9.17, 15) is 14.4 Å². The molecule has 0 saturated carbocycles. The third-order valence-corrected chi connectivity index (χ3v) is 4.96. The van der Waals surface area contributed by atoms with E-state index in [0.717, 1.165) is 6.42 Å². The minimum atomic E-state index is -0.924. The fourth-order valence-corrected chi connectivity index (χ4v) is 3.66. The van der Waals surface area contributed by atoms with Crippen LogP contribution in [0, 0.1) is 0 Å². The van der Waals surface area contributed by atoms with Gasteiger partial charge in [0.05, 0.1) is 11.3 Å². The highest BCUT2D eigenvalue weighted by Gasteiger charge is 2.34. The third-order valence-electron chi connectivity index (χ3n) is 4.10. The molecule has 1 aromatic heterocycles. The Bertz CT molecular complexity index is 788. The molecule has 0 radical (unpaired) electrons. The van der Waals surface area contributed by atoms with Crippen molar-refractivity contribution in [1.82, 2.24) is 4.90 Å². The second kappa shape index (κ2) is 7.48. The smallest absolute Gasteiger partial charge is 0.307 e. The van der Waals surface area contributed by atoms with Crippen LogP contribution in [0.5, 0.6) is 0 Å². The number of anilines is 1. The number of amides is 2. The Hall–Kier alpha value is -2.67. The molecule has 3 rings (SSSR count). The van der Waals surface area contributed by atoms with Crippen molar-refractivity contribution < 1.29 is 19.5 Å².